The smallest absolute Gasteiger partial charge is 0.258 e. The van der Waals surface area contributed by atoms with Crippen LogP contribution in [0.2, 0.25) is 0 Å². The summed E-state index contributed by atoms with van der Waals surface area (Å²) in [5.41, 5.74) is 9.18. The van der Waals surface area contributed by atoms with E-state index in [1.807, 2.05) is 11.0 Å². The van der Waals surface area contributed by atoms with E-state index in [0.29, 0.717) is 34.1 Å². The van der Waals surface area contributed by atoms with Crippen LogP contribution in [0, 0.1) is 5.41 Å². The molecule has 3 fully saturated rings. The van der Waals surface area contributed by atoms with E-state index in [0.717, 1.165) is 31.6 Å². The summed E-state index contributed by atoms with van der Waals surface area (Å²) in [5, 5.41) is 2.92. The van der Waals surface area contributed by atoms with Crippen molar-refractivity contribution in [2.45, 2.75) is 44.4 Å². The maximum Gasteiger partial charge on any atom is 0.258 e. The Labute approximate surface area is 202 Å². The molecule has 1 aromatic carbocycles. The van der Waals surface area contributed by atoms with Gasteiger partial charge in [-0.15, -0.1) is 0 Å². The Morgan fingerprint density at radius 3 is 2.40 bits per heavy atom. The van der Waals surface area contributed by atoms with Crippen LogP contribution in [0.4, 0.5) is 31.9 Å². The van der Waals surface area contributed by atoms with E-state index < -0.39 is 5.92 Å². The van der Waals surface area contributed by atoms with Crippen LogP contribution in [0.25, 0.3) is 5.65 Å². The molecular weight excluding hydrogens is 452 g/mol. The van der Waals surface area contributed by atoms with Crippen LogP contribution in [-0.2, 0) is 0 Å². The molecule has 2 saturated heterocycles. The first kappa shape index (κ1) is 22.1. The Morgan fingerprint density at radius 1 is 0.971 bits per heavy atom. The molecule has 1 saturated carbocycles. The summed E-state index contributed by atoms with van der Waals surface area (Å²) in [4.78, 5) is 26.5. The lowest BCUT2D eigenvalue weighted by Gasteiger charge is -2.35. The summed E-state index contributed by atoms with van der Waals surface area (Å²) in [5.74, 6) is -2.12. The highest BCUT2D eigenvalue weighted by atomic mass is 19.3. The van der Waals surface area contributed by atoms with Gasteiger partial charge in [-0.25, -0.2) is 13.8 Å². The summed E-state index contributed by atoms with van der Waals surface area (Å²) in [7, 11) is 0. The summed E-state index contributed by atoms with van der Waals surface area (Å²) in [6.45, 7) is 2.18. The van der Waals surface area contributed by atoms with Crippen molar-refractivity contribution < 1.29 is 13.6 Å². The molecule has 184 valence electrons. The van der Waals surface area contributed by atoms with Crippen LogP contribution in [-0.4, -0.2) is 52.4 Å². The normalized spacial score (nSPS) is 20.9. The molecule has 3 N–H and O–H groups in total. The molecule has 35 heavy (non-hydrogen) atoms. The number of fused-ring (bicyclic) bond motifs is 1. The standard InChI is InChI=1S/C25H29F2N7O/c26-25(27)7-12-33(13-8-25)23-31-20(16-21-29-9-14-34(21)23)30-22(35)18-2-1-17(28)15-19(18)32-10-5-24(3-4-24)6-11-32/h1-2,9,14-16H,3-8,10-13,28H2,(H,30,35). The Hall–Kier alpha value is -3.43. The Kier molecular flexibility index (Phi) is 5.08. The van der Waals surface area contributed by atoms with Crippen LogP contribution in [0.3, 0.4) is 0 Å². The number of imidazole rings is 1. The fourth-order valence-corrected chi connectivity index (χ4v) is 5.31. The maximum atomic E-state index is 13.7. The van der Waals surface area contributed by atoms with Gasteiger partial charge in [0.1, 0.15) is 11.5 Å². The van der Waals surface area contributed by atoms with Crippen molar-refractivity contribution in [3.05, 3.63) is 42.2 Å². The molecule has 10 heteroatoms. The molecule has 0 unspecified atom stereocenters. The third-order valence-corrected chi connectivity index (χ3v) is 7.78. The second kappa shape index (κ2) is 8.07. The molecule has 4 heterocycles. The second-order valence-corrected chi connectivity index (χ2v) is 10.2. The number of nitrogens with one attached hydrogen (secondary N) is 1. The number of carbonyl (C=O) groups excluding carboxylic acids is 1. The summed E-state index contributed by atoms with van der Waals surface area (Å²) >= 11 is 0. The lowest BCUT2D eigenvalue weighted by molar-refractivity contribution is -0.0222. The number of nitrogens with two attached hydrogens (primary N) is 1. The zero-order valence-electron chi connectivity index (χ0n) is 19.5. The van der Waals surface area contributed by atoms with Gasteiger partial charge in [0.25, 0.3) is 11.8 Å². The van der Waals surface area contributed by atoms with E-state index in [9.17, 15) is 13.6 Å². The minimum Gasteiger partial charge on any atom is -0.399 e. The Morgan fingerprint density at radius 2 is 1.69 bits per heavy atom. The number of anilines is 4. The van der Waals surface area contributed by atoms with E-state index in [2.05, 4.69) is 20.2 Å². The highest BCUT2D eigenvalue weighted by Crippen LogP contribution is 2.54. The van der Waals surface area contributed by atoms with E-state index in [4.69, 9.17) is 5.73 Å². The zero-order valence-corrected chi connectivity index (χ0v) is 19.5. The highest BCUT2D eigenvalue weighted by molar-refractivity contribution is 6.08. The zero-order chi connectivity index (χ0) is 24.2. The number of amides is 1. The lowest BCUT2D eigenvalue weighted by Crippen LogP contribution is -2.40. The number of halogens is 2. The van der Waals surface area contributed by atoms with Crippen LogP contribution in [0.15, 0.2) is 36.7 Å². The van der Waals surface area contributed by atoms with Gasteiger partial charge in [0, 0.05) is 63.2 Å². The van der Waals surface area contributed by atoms with E-state index >= 15 is 0 Å². The molecule has 0 bridgehead atoms. The maximum absolute atomic E-state index is 13.7. The number of carbonyl (C=O) groups is 1. The van der Waals surface area contributed by atoms with Gasteiger partial charge < -0.3 is 20.9 Å². The molecule has 1 aliphatic carbocycles. The molecule has 1 spiro atoms. The van der Waals surface area contributed by atoms with E-state index in [1.54, 1.807) is 35.0 Å². The number of nitrogen functional groups attached to an aromatic ring is 1. The van der Waals surface area contributed by atoms with Gasteiger partial charge >= 0.3 is 0 Å². The number of hydrogen-bond acceptors (Lipinski definition) is 6. The van der Waals surface area contributed by atoms with Crippen molar-refractivity contribution in [1.82, 2.24) is 14.4 Å². The first-order valence-electron chi connectivity index (χ1n) is 12.2. The number of piperidine rings is 2. The van der Waals surface area contributed by atoms with Crippen molar-refractivity contribution in [2.75, 3.05) is 47.0 Å². The number of hydrogen-bond donors (Lipinski definition) is 2. The van der Waals surface area contributed by atoms with Gasteiger partial charge in [0.2, 0.25) is 5.95 Å². The van der Waals surface area contributed by atoms with Crippen molar-refractivity contribution in [1.29, 1.82) is 0 Å². The molecule has 2 aliphatic heterocycles. The first-order chi connectivity index (χ1) is 16.8. The molecular formula is C25H29F2N7O. The van der Waals surface area contributed by atoms with Gasteiger partial charge in [-0.3, -0.25) is 9.20 Å². The fraction of sp³-hybridized carbons (Fsp3) is 0.480. The number of alkyl halides is 2. The molecule has 2 aromatic heterocycles. The third-order valence-electron chi connectivity index (χ3n) is 7.78. The topological polar surface area (TPSA) is 91.8 Å². The molecule has 6 rings (SSSR count). The number of rotatable bonds is 4. The third kappa shape index (κ3) is 4.26. The number of benzene rings is 1. The molecule has 3 aliphatic rings. The molecule has 0 atom stereocenters. The van der Waals surface area contributed by atoms with Gasteiger partial charge in [0.15, 0.2) is 0 Å². The Bertz CT molecular complexity index is 1270. The predicted molar refractivity (Wildman–Crippen MR) is 131 cm³/mol. The van der Waals surface area contributed by atoms with Crippen LogP contribution >= 0.6 is 0 Å². The van der Waals surface area contributed by atoms with E-state index in [1.165, 1.54) is 12.8 Å². The van der Waals surface area contributed by atoms with Gasteiger partial charge in [-0.2, -0.15) is 4.98 Å². The average molecular weight is 482 g/mol. The Balaban J connectivity index is 1.27. The SMILES string of the molecule is Nc1ccc(C(=O)Nc2cc3nccn3c(N3CCC(F)(F)CC3)n2)c(N2CCC3(CC2)CC3)c1. The summed E-state index contributed by atoms with van der Waals surface area (Å²) < 4.78 is 29.2. The first-order valence-corrected chi connectivity index (χ1v) is 12.2. The number of aromatic nitrogens is 3. The highest BCUT2D eigenvalue weighted by Gasteiger charge is 2.44. The van der Waals surface area contributed by atoms with Gasteiger partial charge in [0.05, 0.1) is 11.3 Å². The van der Waals surface area contributed by atoms with Crippen molar-refractivity contribution in [2.24, 2.45) is 5.41 Å². The molecule has 3 aromatic rings. The van der Waals surface area contributed by atoms with Crippen molar-refractivity contribution in [3.63, 3.8) is 0 Å². The largest absolute Gasteiger partial charge is 0.399 e. The fourth-order valence-electron chi connectivity index (χ4n) is 5.31. The van der Waals surface area contributed by atoms with Crippen molar-refractivity contribution in [3.8, 4) is 0 Å². The van der Waals surface area contributed by atoms with Gasteiger partial charge in [-0.05, 0) is 49.3 Å². The van der Waals surface area contributed by atoms with Crippen LogP contribution in [0.1, 0.15) is 48.9 Å². The summed E-state index contributed by atoms with van der Waals surface area (Å²) in [6, 6.07) is 7.04. The van der Waals surface area contributed by atoms with Crippen LogP contribution in [0.5, 0.6) is 0 Å². The molecule has 0 radical (unpaired) electrons. The number of nitrogens with zero attached hydrogens (tertiary/aromatic N) is 5. The quantitative estimate of drug-likeness (QED) is 0.544. The molecule has 8 nitrogen and oxygen atoms in total. The van der Waals surface area contributed by atoms with Crippen LogP contribution < -0.4 is 20.9 Å². The van der Waals surface area contributed by atoms with Crippen molar-refractivity contribution >= 4 is 34.7 Å². The minimum atomic E-state index is -2.66. The predicted octanol–water partition coefficient (Wildman–Crippen LogP) is 4.18. The summed E-state index contributed by atoms with van der Waals surface area (Å²) in [6.07, 6.45) is 7.82. The van der Waals surface area contributed by atoms with E-state index in [-0.39, 0.29) is 31.8 Å². The second-order valence-electron chi connectivity index (χ2n) is 10.2. The van der Waals surface area contributed by atoms with Gasteiger partial charge in [-0.1, -0.05) is 0 Å². The monoisotopic (exact) mass is 481 g/mol. The minimum absolute atomic E-state index is 0.184. The molecule has 1 amide bonds. The lowest BCUT2D eigenvalue weighted by atomic mass is 9.93. The average Bonchev–Trinajstić information content (AvgIpc) is 3.41.